The van der Waals surface area contributed by atoms with Crippen molar-refractivity contribution in [1.29, 1.82) is 0 Å². The summed E-state index contributed by atoms with van der Waals surface area (Å²) >= 11 is 12.3. The van der Waals surface area contributed by atoms with Gasteiger partial charge in [-0.05, 0) is 44.9 Å². The van der Waals surface area contributed by atoms with Crippen molar-refractivity contribution >= 4 is 35.2 Å². The Bertz CT molecular complexity index is 706. The maximum atomic E-state index is 12.6. The summed E-state index contributed by atoms with van der Waals surface area (Å²) in [4.78, 5) is 25.5. The molecule has 1 aliphatic rings. The highest BCUT2D eigenvalue weighted by atomic mass is 35.5. The number of benzene rings is 1. The van der Waals surface area contributed by atoms with Crippen molar-refractivity contribution < 1.29 is 19.1 Å². The van der Waals surface area contributed by atoms with Crippen molar-refractivity contribution in [2.75, 3.05) is 26.2 Å². The van der Waals surface area contributed by atoms with E-state index >= 15 is 0 Å². The Balaban J connectivity index is 2.24. The van der Waals surface area contributed by atoms with Gasteiger partial charge in [0.25, 0.3) is 0 Å². The Labute approximate surface area is 176 Å². The van der Waals surface area contributed by atoms with Crippen LogP contribution in [0.4, 0.5) is 4.79 Å². The van der Waals surface area contributed by atoms with E-state index in [4.69, 9.17) is 32.7 Å². The van der Waals surface area contributed by atoms with E-state index < -0.39 is 5.60 Å². The van der Waals surface area contributed by atoms with Crippen molar-refractivity contribution in [3.05, 3.63) is 33.8 Å². The highest BCUT2D eigenvalue weighted by Gasteiger charge is 2.33. The predicted molar refractivity (Wildman–Crippen MR) is 110 cm³/mol. The number of halogens is 2. The van der Waals surface area contributed by atoms with E-state index in [1.54, 1.807) is 11.0 Å². The lowest BCUT2D eigenvalue weighted by molar-refractivity contribution is -0.119. The topological polar surface area (TPSA) is 67.9 Å². The third kappa shape index (κ3) is 6.83. The molecular formula is C20H28Cl2N2O4. The molecule has 1 aromatic rings. The van der Waals surface area contributed by atoms with E-state index in [0.717, 1.165) is 5.56 Å². The highest BCUT2D eigenvalue weighted by Crippen LogP contribution is 2.32. The van der Waals surface area contributed by atoms with Gasteiger partial charge in [-0.25, -0.2) is 4.79 Å². The minimum atomic E-state index is -0.575. The van der Waals surface area contributed by atoms with E-state index in [1.807, 2.05) is 32.9 Å². The lowest BCUT2D eigenvalue weighted by Gasteiger charge is -2.30. The average Bonchev–Trinajstić information content (AvgIpc) is 2.78. The molecular weight excluding hydrogens is 403 g/mol. The summed E-state index contributed by atoms with van der Waals surface area (Å²) in [6.07, 6.45) is 0.0623. The van der Waals surface area contributed by atoms with Crippen molar-refractivity contribution in [2.45, 2.75) is 51.7 Å². The lowest BCUT2D eigenvalue weighted by Crippen LogP contribution is -2.40. The van der Waals surface area contributed by atoms with Gasteiger partial charge in [-0.15, -0.1) is 0 Å². The Kier molecular flexibility index (Phi) is 7.98. The van der Waals surface area contributed by atoms with Crippen molar-refractivity contribution in [3.63, 3.8) is 0 Å². The van der Waals surface area contributed by atoms with Crippen LogP contribution in [0.1, 0.15) is 45.6 Å². The largest absolute Gasteiger partial charge is 0.444 e. The van der Waals surface area contributed by atoms with Gasteiger partial charge < -0.3 is 19.7 Å². The molecule has 156 valence electrons. The number of hydrogen-bond acceptors (Lipinski definition) is 4. The number of ether oxygens (including phenoxy) is 2. The Morgan fingerprint density at radius 2 is 2.00 bits per heavy atom. The molecule has 0 spiro atoms. The summed E-state index contributed by atoms with van der Waals surface area (Å²) in [5.74, 6) is -0.214. The molecule has 1 aliphatic heterocycles. The van der Waals surface area contributed by atoms with Crippen molar-refractivity contribution in [3.8, 4) is 0 Å². The van der Waals surface area contributed by atoms with Crippen LogP contribution in [0.2, 0.25) is 10.0 Å². The molecule has 6 nitrogen and oxygen atoms in total. The second-order valence-corrected chi connectivity index (χ2v) is 8.70. The molecule has 2 atom stereocenters. The SMILES string of the molecule is CC(=O)NCC[C@@H]1OCCN(C(=O)OC(C)(C)C)C[C@H]1c1ccc(Cl)c(Cl)c1. The molecule has 1 N–H and O–H groups in total. The number of carbonyl (C=O) groups excluding carboxylic acids is 2. The third-order valence-corrected chi connectivity index (χ3v) is 5.12. The average molecular weight is 431 g/mol. The van der Waals surface area contributed by atoms with Gasteiger partial charge >= 0.3 is 6.09 Å². The molecule has 1 fully saturated rings. The van der Waals surface area contributed by atoms with Crippen molar-refractivity contribution in [1.82, 2.24) is 10.2 Å². The van der Waals surface area contributed by atoms with Gasteiger partial charge in [0.2, 0.25) is 5.91 Å². The maximum absolute atomic E-state index is 12.6. The Morgan fingerprint density at radius 3 is 2.61 bits per heavy atom. The molecule has 0 bridgehead atoms. The molecule has 0 aromatic heterocycles. The molecule has 0 saturated carbocycles. The first-order chi connectivity index (χ1) is 13.1. The molecule has 1 aromatic carbocycles. The number of hydrogen-bond donors (Lipinski definition) is 1. The van der Waals surface area contributed by atoms with Crippen LogP contribution in [0.25, 0.3) is 0 Å². The van der Waals surface area contributed by atoms with Crippen LogP contribution in [-0.2, 0) is 14.3 Å². The van der Waals surface area contributed by atoms with Gasteiger partial charge in [0.05, 0.1) is 22.8 Å². The number of carbonyl (C=O) groups is 2. The lowest BCUT2D eigenvalue weighted by atomic mass is 9.91. The van der Waals surface area contributed by atoms with Crippen LogP contribution < -0.4 is 5.32 Å². The van der Waals surface area contributed by atoms with Gasteiger partial charge in [0.1, 0.15) is 5.60 Å². The second-order valence-electron chi connectivity index (χ2n) is 7.89. The molecule has 1 saturated heterocycles. The van der Waals surface area contributed by atoms with Crippen LogP contribution in [-0.4, -0.2) is 54.8 Å². The fraction of sp³-hybridized carbons (Fsp3) is 0.600. The first-order valence-corrected chi connectivity index (χ1v) is 10.1. The monoisotopic (exact) mass is 430 g/mol. The van der Waals surface area contributed by atoms with E-state index in [9.17, 15) is 9.59 Å². The summed E-state index contributed by atoms with van der Waals surface area (Å²) in [6, 6.07) is 5.45. The summed E-state index contributed by atoms with van der Waals surface area (Å²) < 4.78 is 11.6. The number of amides is 2. The van der Waals surface area contributed by atoms with Gasteiger partial charge in [0, 0.05) is 32.5 Å². The number of nitrogens with zero attached hydrogens (tertiary/aromatic N) is 1. The van der Waals surface area contributed by atoms with E-state index in [-0.39, 0.29) is 24.0 Å². The number of nitrogens with one attached hydrogen (secondary N) is 1. The van der Waals surface area contributed by atoms with Crippen molar-refractivity contribution in [2.24, 2.45) is 0 Å². The first-order valence-electron chi connectivity index (χ1n) is 9.35. The normalized spacial score (nSPS) is 20.4. The molecule has 28 heavy (non-hydrogen) atoms. The Hall–Kier alpha value is -1.50. The van der Waals surface area contributed by atoms with Gasteiger partial charge in [0.15, 0.2) is 0 Å². The summed E-state index contributed by atoms with van der Waals surface area (Å²) in [6.45, 7) is 8.74. The summed E-state index contributed by atoms with van der Waals surface area (Å²) in [5, 5.41) is 3.72. The zero-order valence-electron chi connectivity index (χ0n) is 16.8. The Morgan fingerprint density at radius 1 is 1.29 bits per heavy atom. The smallest absolute Gasteiger partial charge is 0.410 e. The highest BCUT2D eigenvalue weighted by molar-refractivity contribution is 6.42. The molecule has 1 heterocycles. The molecule has 2 amide bonds. The maximum Gasteiger partial charge on any atom is 0.410 e. The van der Waals surface area contributed by atoms with E-state index in [0.29, 0.717) is 42.7 Å². The van der Waals surface area contributed by atoms with Gasteiger partial charge in [-0.2, -0.15) is 0 Å². The third-order valence-electron chi connectivity index (χ3n) is 4.39. The summed E-state index contributed by atoms with van der Waals surface area (Å²) in [5.41, 5.74) is 0.353. The predicted octanol–water partition coefficient (Wildman–Crippen LogP) is 4.24. The van der Waals surface area contributed by atoms with Crippen LogP contribution >= 0.6 is 23.2 Å². The fourth-order valence-electron chi connectivity index (χ4n) is 3.11. The molecule has 2 rings (SSSR count). The zero-order valence-corrected chi connectivity index (χ0v) is 18.3. The second kappa shape index (κ2) is 9.81. The van der Waals surface area contributed by atoms with E-state index in [2.05, 4.69) is 5.32 Å². The van der Waals surface area contributed by atoms with Crippen LogP contribution in [0.15, 0.2) is 18.2 Å². The minimum Gasteiger partial charge on any atom is -0.444 e. The van der Waals surface area contributed by atoms with Gasteiger partial charge in [-0.3, -0.25) is 4.79 Å². The molecule has 8 heteroatoms. The van der Waals surface area contributed by atoms with Crippen LogP contribution in [0.3, 0.4) is 0 Å². The molecule has 0 radical (unpaired) electrons. The zero-order chi connectivity index (χ0) is 20.9. The van der Waals surface area contributed by atoms with Crippen LogP contribution in [0, 0.1) is 0 Å². The fourth-order valence-corrected chi connectivity index (χ4v) is 3.41. The van der Waals surface area contributed by atoms with Crippen LogP contribution in [0.5, 0.6) is 0 Å². The molecule has 0 unspecified atom stereocenters. The first kappa shape index (κ1) is 22.8. The quantitative estimate of drug-likeness (QED) is 0.775. The standard InChI is InChI=1S/C20H28Cl2N2O4/c1-13(25)23-8-7-18-15(14-5-6-16(21)17(22)11-14)12-24(9-10-27-18)19(26)28-20(2,3)4/h5-6,11,15,18H,7-10,12H2,1-4H3,(H,23,25)/t15-,18-/m0/s1. The summed E-state index contributed by atoms with van der Waals surface area (Å²) in [7, 11) is 0. The molecule has 0 aliphatic carbocycles. The van der Waals surface area contributed by atoms with Gasteiger partial charge in [-0.1, -0.05) is 29.3 Å². The minimum absolute atomic E-state index is 0.0879. The number of rotatable bonds is 4. The van der Waals surface area contributed by atoms with E-state index in [1.165, 1.54) is 6.92 Å².